The zero-order chi connectivity index (χ0) is 25.6. The molecule has 2 saturated heterocycles. The Balaban J connectivity index is 1.11. The highest BCUT2D eigenvalue weighted by Gasteiger charge is 2.49. The van der Waals surface area contributed by atoms with Gasteiger partial charge in [0.1, 0.15) is 11.7 Å². The topological polar surface area (TPSA) is 147 Å². The number of likely N-dealkylation sites (tertiary alicyclic amines) is 1. The molecule has 12 heteroatoms. The Morgan fingerprint density at radius 1 is 1.30 bits per heavy atom. The fourth-order valence-electron chi connectivity index (χ4n) is 5.75. The van der Waals surface area contributed by atoms with Crippen molar-refractivity contribution in [3.05, 3.63) is 41.1 Å². The minimum atomic E-state index is -0.643. The Labute approximate surface area is 212 Å². The summed E-state index contributed by atoms with van der Waals surface area (Å²) in [5, 5.41) is 12.1. The first-order valence-corrected chi connectivity index (χ1v) is 12.1. The number of amides is 2. The monoisotopic (exact) mass is 504 g/mol. The van der Waals surface area contributed by atoms with Gasteiger partial charge in [0.25, 0.3) is 18.3 Å². The van der Waals surface area contributed by atoms with E-state index in [9.17, 15) is 19.6 Å². The second-order valence-electron chi connectivity index (χ2n) is 9.76. The number of hydrogen-bond donors (Lipinski definition) is 1. The van der Waals surface area contributed by atoms with Gasteiger partial charge in [-0.3, -0.25) is 14.5 Å². The number of rotatable bonds is 5. The molecule has 0 bridgehead atoms. The first kappa shape index (κ1) is 23.2. The summed E-state index contributed by atoms with van der Waals surface area (Å²) in [6.45, 7) is 2.78. The summed E-state index contributed by atoms with van der Waals surface area (Å²) >= 11 is 0. The number of aromatic nitrogens is 2. The molecule has 12 nitrogen and oxygen atoms in total. The minimum Gasteiger partial charge on any atom is -0.465 e. The summed E-state index contributed by atoms with van der Waals surface area (Å²) in [6.07, 6.45) is 2.49. The Bertz CT molecular complexity index is 1320. The van der Waals surface area contributed by atoms with E-state index >= 15 is 0 Å². The lowest BCUT2D eigenvalue weighted by atomic mass is 9.90. The summed E-state index contributed by atoms with van der Waals surface area (Å²) in [6, 6.07) is 7.77. The number of fused-ring (bicyclic) bond motifs is 2. The minimum absolute atomic E-state index is 0.0366. The average molecular weight is 505 g/mol. The lowest BCUT2D eigenvalue weighted by molar-refractivity contribution is -0.136. The largest absolute Gasteiger partial charge is 0.465 e. The van der Waals surface area contributed by atoms with Crippen LogP contribution in [0.1, 0.15) is 35.6 Å². The number of ether oxygens (including phenoxy) is 3. The lowest BCUT2D eigenvalue weighted by Gasteiger charge is -2.38. The van der Waals surface area contributed by atoms with Gasteiger partial charge in [0, 0.05) is 38.4 Å². The Hall–Kier alpha value is -4.24. The number of nitriles is 1. The predicted molar refractivity (Wildman–Crippen MR) is 127 cm³/mol. The van der Waals surface area contributed by atoms with Gasteiger partial charge in [-0.2, -0.15) is 5.26 Å². The van der Waals surface area contributed by atoms with Gasteiger partial charge in [0.15, 0.2) is 18.2 Å². The van der Waals surface area contributed by atoms with E-state index in [4.69, 9.17) is 14.2 Å². The molecule has 0 radical (unpaired) electrons. The number of nitrogens with zero attached hydrogens (tertiary/aromatic N) is 5. The zero-order valence-electron chi connectivity index (χ0n) is 19.9. The molecular formula is C25H24N6O6. The number of hydrogen-bond acceptors (Lipinski definition) is 10. The molecule has 2 amide bonds. The van der Waals surface area contributed by atoms with E-state index in [0.29, 0.717) is 63.3 Å². The van der Waals surface area contributed by atoms with Gasteiger partial charge in [-0.15, -0.1) is 0 Å². The van der Waals surface area contributed by atoms with Gasteiger partial charge in [0.2, 0.25) is 0 Å². The molecular weight excluding hydrogens is 480 g/mol. The van der Waals surface area contributed by atoms with E-state index < -0.39 is 11.7 Å². The average Bonchev–Trinajstić information content (AvgIpc) is 3.42. The number of carbonyl (C=O) groups is 3. The van der Waals surface area contributed by atoms with Crippen LogP contribution in [0.4, 0.5) is 16.4 Å². The molecule has 0 saturated carbocycles. The zero-order valence-corrected chi connectivity index (χ0v) is 19.9. The van der Waals surface area contributed by atoms with E-state index in [-0.39, 0.29) is 36.2 Å². The summed E-state index contributed by atoms with van der Waals surface area (Å²) in [4.78, 5) is 47.9. The van der Waals surface area contributed by atoms with Crippen molar-refractivity contribution in [1.82, 2.24) is 14.9 Å². The number of carbonyl (C=O) groups excluding carboxylic acids is 3. The molecule has 3 aliphatic heterocycles. The molecule has 4 aliphatic rings. The molecule has 2 unspecified atom stereocenters. The van der Waals surface area contributed by atoms with Crippen molar-refractivity contribution in [3.8, 4) is 11.9 Å². The Kier molecular flexibility index (Phi) is 5.64. The standard InChI is InChI=1S/C25H24N6O6/c26-9-15-2-1-3-17-18(15)8-16(21(17)36-14-32)11-30-6-4-25(5-7-30)13-31(24(34)37-25)19-10-27-23-22(28-19)29-20(33)12-35-23/h1-3,10,14,16,21H,4-8,11-13H2,(H,28,29,33). The van der Waals surface area contributed by atoms with Gasteiger partial charge in [-0.1, -0.05) is 12.1 Å². The van der Waals surface area contributed by atoms with Crippen LogP contribution in [0.2, 0.25) is 0 Å². The SMILES string of the molecule is N#Cc1cccc2c1CC(CN1CCC3(CC1)CN(c1cnc4c(n1)NC(=O)CO4)C(=O)O3)C2OC=O. The third-order valence-corrected chi connectivity index (χ3v) is 7.57. The molecule has 2 fully saturated rings. The maximum atomic E-state index is 12.8. The molecule has 1 spiro atoms. The van der Waals surface area contributed by atoms with E-state index in [2.05, 4.69) is 26.3 Å². The molecule has 190 valence electrons. The van der Waals surface area contributed by atoms with Crippen molar-refractivity contribution >= 4 is 30.1 Å². The van der Waals surface area contributed by atoms with Crippen molar-refractivity contribution in [2.45, 2.75) is 31.0 Å². The lowest BCUT2D eigenvalue weighted by Crippen LogP contribution is -2.48. The molecule has 4 heterocycles. The predicted octanol–water partition coefficient (Wildman–Crippen LogP) is 1.56. The van der Waals surface area contributed by atoms with E-state index in [1.54, 1.807) is 6.07 Å². The van der Waals surface area contributed by atoms with E-state index in [0.717, 1.165) is 11.1 Å². The highest BCUT2D eigenvalue weighted by atomic mass is 16.6. The molecule has 6 rings (SSSR count). The van der Waals surface area contributed by atoms with Crippen molar-refractivity contribution in [2.24, 2.45) is 5.92 Å². The third-order valence-electron chi connectivity index (χ3n) is 7.57. The molecule has 1 aromatic heterocycles. The number of anilines is 2. The molecule has 37 heavy (non-hydrogen) atoms. The van der Waals surface area contributed by atoms with Crippen molar-refractivity contribution in [2.75, 3.05) is 43.0 Å². The van der Waals surface area contributed by atoms with Crippen LogP contribution in [0.3, 0.4) is 0 Å². The van der Waals surface area contributed by atoms with Gasteiger partial charge >= 0.3 is 6.09 Å². The fourth-order valence-corrected chi connectivity index (χ4v) is 5.75. The smallest absolute Gasteiger partial charge is 0.416 e. The highest BCUT2D eigenvalue weighted by Crippen LogP contribution is 2.42. The van der Waals surface area contributed by atoms with Gasteiger partial charge in [-0.25, -0.2) is 14.8 Å². The fraction of sp³-hybridized carbons (Fsp3) is 0.440. The third kappa shape index (κ3) is 4.11. The van der Waals surface area contributed by atoms with Crippen LogP contribution in [0.25, 0.3) is 0 Å². The molecule has 2 atom stereocenters. The van der Waals surface area contributed by atoms with Crippen molar-refractivity contribution < 1.29 is 28.6 Å². The maximum Gasteiger partial charge on any atom is 0.416 e. The highest BCUT2D eigenvalue weighted by molar-refractivity contribution is 5.94. The van der Waals surface area contributed by atoms with Crippen LogP contribution in [0, 0.1) is 17.2 Å². The van der Waals surface area contributed by atoms with Gasteiger partial charge in [-0.05, 0) is 23.6 Å². The summed E-state index contributed by atoms with van der Waals surface area (Å²) in [7, 11) is 0. The normalized spacial score (nSPS) is 23.9. The number of piperidine rings is 1. The van der Waals surface area contributed by atoms with Gasteiger partial charge < -0.3 is 24.4 Å². The molecule has 1 N–H and O–H groups in total. The second-order valence-corrected chi connectivity index (χ2v) is 9.76. The quantitative estimate of drug-likeness (QED) is 0.595. The molecule has 1 aromatic carbocycles. The van der Waals surface area contributed by atoms with Crippen LogP contribution in [-0.2, 0) is 25.5 Å². The summed E-state index contributed by atoms with van der Waals surface area (Å²) in [5.41, 5.74) is 1.82. The van der Waals surface area contributed by atoms with Crippen LogP contribution < -0.4 is 15.0 Å². The van der Waals surface area contributed by atoms with Crippen LogP contribution in [0.15, 0.2) is 24.4 Å². The number of nitrogens with one attached hydrogen (secondary N) is 1. The molecule has 2 aromatic rings. The summed E-state index contributed by atoms with van der Waals surface area (Å²) < 4.78 is 16.5. The first-order valence-electron chi connectivity index (χ1n) is 12.1. The van der Waals surface area contributed by atoms with Gasteiger partial charge in [0.05, 0.1) is 24.4 Å². The Morgan fingerprint density at radius 3 is 2.92 bits per heavy atom. The van der Waals surface area contributed by atoms with Crippen LogP contribution in [0.5, 0.6) is 5.88 Å². The Morgan fingerprint density at radius 2 is 2.14 bits per heavy atom. The van der Waals surface area contributed by atoms with Crippen molar-refractivity contribution in [3.63, 3.8) is 0 Å². The number of benzene rings is 1. The molecule has 1 aliphatic carbocycles. The second kappa shape index (κ2) is 9.01. The van der Waals surface area contributed by atoms with Crippen molar-refractivity contribution in [1.29, 1.82) is 5.26 Å². The van der Waals surface area contributed by atoms with E-state index in [1.165, 1.54) is 11.1 Å². The first-order chi connectivity index (χ1) is 18.0. The summed E-state index contributed by atoms with van der Waals surface area (Å²) in [5.74, 6) is 0.393. The van der Waals surface area contributed by atoms with Crippen LogP contribution in [-0.4, -0.2) is 71.7 Å². The van der Waals surface area contributed by atoms with Crippen LogP contribution >= 0.6 is 0 Å². The maximum absolute atomic E-state index is 12.8. The van der Waals surface area contributed by atoms with E-state index in [1.807, 2.05) is 12.1 Å².